The highest BCUT2D eigenvalue weighted by Crippen LogP contribution is 2.26. The lowest BCUT2D eigenvalue weighted by molar-refractivity contribution is 0.0425. The Kier molecular flexibility index (Phi) is 14.7. The van der Waals surface area contributed by atoms with Crippen LogP contribution in [0.4, 0.5) is 8.78 Å². The molecule has 0 fully saturated rings. The number of hydrogen-bond donors (Lipinski definition) is 0. The predicted octanol–water partition coefficient (Wildman–Crippen LogP) is 7.99. The van der Waals surface area contributed by atoms with Gasteiger partial charge in [0.2, 0.25) is 12.3 Å². The van der Waals surface area contributed by atoms with Crippen LogP contribution in [0.1, 0.15) is 99.9 Å². The molecule has 0 aliphatic rings. The molecular formula is C29H41F2NO4. The van der Waals surface area contributed by atoms with Crippen LogP contribution in [0.15, 0.2) is 42.6 Å². The molecule has 0 N–H and O–H groups in total. The zero-order valence-electron chi connectivity index (χ0n) is 21.7. The van der Waals surface area contributed by atoms with Gasteiger partial charge in [0.1, 0.15) is 5.75 Å². The number of carbonyl (C=O) groups excluding carboxylic acids is 1. The highest BCUT2D eigenvalue weighted by atomic mass is 19.3. The van der Waals surface area contributed by atoms with E-state index in [4.69, 9.17) is 14.2 Å². The molecule has 1 heterocycles. The maximum Gasteiger partial charge on any atom is 0.345 e. The van der Waals surface area contributed by atoms with E-state index in [1.54, 1.807) is 24.3 Å². The van der Waals surface area contributed by atoms with Crippen molar-refractivity contribution in [2.75, 3.05) is 19.8 Å². The zero-order chi connectivity index (χ0) is 26.0. The third kappa shape index (κ3) is 11.5. The molecule has 0 radical (unpaired) electrons. The SMILES string of the molecule is CCCCCCCCCCOc1ccc(C(=O)Oc2ccc([C@@H](COCCCC)C(F)F)cc2)cn1. The fraction of sp³-hybridized carbons (Fsp3) is 0.586. The van der Waals surface area contributed by atoms with Gasteiger partial charge >= 0.3 is 5.97 Å². The number of halogens is 2. The molecule has 1 atom stereocenters. The first-order valence-corrected chi connectivity index (χ1v) is 13.3. The van der Waals surface area contributed by atoms with Crippen LogP contribution in [-0.4, -0.2) is 37.2 Å². The first-order chi connectivity index (χ1) is 17.5. The number of esters is 1. The van der Waals surface area contributed by atoms with E-state index in [9.17, 15) is 13.6 Å². The smallest absolute Gasteiger partial charge is 0.345 e. The first-order valence-electron chi connectivity index (χ1n) is 13.3. The van der Waals surface area contributed by atoms with Gasteiger partial charge in [0.05, 0.1) is 24.7 Å². The number of hydrogen-bond acceptors (Lipinski definition) is 5. The van der Waals surface area contributed by atoms with E-state index in [-0.39, 0.29) is 17.9 Å². The summed E-state index contributed by atoms with van der Waals surface area (Å²) in [5.41, 5.74) is 0.731. The van der Waals surface area contributed by atoms with E-state index < -0.39 is 18.3 Å². The zero-order valence-corrected chi connectivity index (χ0v) is 21.7. The van der Waals surface area contributed by atoms with Gasteiger partial charge in [-0.25, -0.2) is 18.6 Å². The largest absolute Gasteiger partial charge is 0.478 e. The van der Waals surface area contributed by atoms with Gasteiger partial charge in [0.15, 0.2) is 0 Å². The summed E-state index contributed by atoms with van der Waals surface area (Å²) in [6.45, 7) is 5.26. The topological polar surface area (TPSA) is 57.7 Å². The number of aromatic nitrogens is 1. The Labute approximate surface area is 214 Å². The Bertz CT molecular complexity index is 843. The van der Waals surface area contributed by atoms with Crippen LogP contribution >= 0.6 is 0 Å². The van der Waals surface area contributed by atoms with Crippen molar-refractivity contribution in [3.8, 4) is 11.6 Å². The molecule has 1 aromatic carbocycles. The first kappa shape index (κ1) is 29.7. The number of rotatable bonds is 19. The molecule has 0 saturated carbocycles. The summed E-state index contributed by atoms with van der Waals surface area (Å²) in [6.07, 6.45) is 10.5. The summed E-state index contributed by atoms with van der Waals surface area (Å²) in [5, 5.41) is 0. The average molecular weight is 506 g/mol. The predicted molar refractivity (Wildman–Crippen MR) is 138 cm³/mol. The third-order valence-electron chi connectivity index (χ3n) is 5.98. The van der Waals surface area contributed by atoms with Crippen molar-refractivity contribution in [1.82, 2.24) is 4.98 Å². The molecule has 5 nitrogen and oxygen atoms in total. The van der Waals surface area contributed by atoms with Crippen LogP contribution in [0.3, 0.4) is 0 Å². The maximum absolute atomic E-state index is 13.5. The summed E-state index contributed by atoms with van der Waals surface area (Å²) in [5.74, 6) is -0.843. The molecule has 36 heavy (non-hydrogen) atoms. The van der Waals surface area contributed by atoms with Gasteiger partial charge in [-0.15, -0.1) is 0 Å². The van der Waals surface area contributed by atoms with Crippen molar-refractivity contribution in [2.24, 2.45) is 0 Å². The molecule has 200 valence electrons. The third-order valence-corrected chi connectivity index (χ3v) is 5.98. The monoisotopic (exact) mass is 505 g/mol. The fourth-order valence-corrected chi connectivity index (χ4v) is 3.72. The van der Waals surface area contributed by atoms with Crippen molar-refractivity contribution in [2.45, 2.75) is 90.4 Å². The number of ether oxygens (including phenoxy) is 3. The van der Waals surface area contributed by atoms with Gasteiger partial charge in [-0.05, 0) is 36.6 Å². The lowest BCUT2D eigenvalue weighted by Gasteiger charge is -2.17. The van der Waals surface area contributed by atoms with E-state index in [0.717, 1.165) is 25.7 Å². The Morgan fingerprint density at radius 3 is 2.11 bits per heavy atom. The number of benzene rings is 1. The Morgan fingerprint density at radius 2 is 1.50 bits per heavy atom. The summed E-state index contributed by atoms with van der Waals surface area (Å²) in [4.78, 5) is 16.6. The van der Waals surface area contributed by atoms with E-state index in [1.165, 1.54) is 56.9 Å². The van der Waals surface area contributed by atoms with Gasteiger partial charge in [-0.1, -0.05) is 77.3 Å². The van der Waals surface area contributed by atoms with E-state index in [1.807, 2.05) is 6.92 Å². The van der Waals surface area contributed by atoms with Gasteiger partial charge in [0, 0.05) is 18.9 Å². The standard InChI is InChI=1S/C29H41F2NO4/c1-3-5-7-8-9-10-11-12-20-35-27-18-15-24(21-32-27)29(33)36-25-16-13-23(14-17-25)26(28(30)31)22-34-19-6-4-2/h13-18,21,26,28H,3-12,19-20,22H2,1-2H3/t26-/m1/s1. The molecule has 7 heteroatoms. The Morgan fingerprint density at radius 1 is 0.833 bits per heavy atom. The maximum atomic E-state index is 13.5. The van der Waals surface area contributed by atoms with E-state index in [2.05, 4.69) is 11.9 Å². The molecule has 0 spiro atoms. The second kappa shape index (κ2) is 17.8. The highest BCUT2D eigenvalue weighted by Gasteiger charge is 2.23. The molecule has 2 aromatic rings. The number of alkyl halides is 2. The van der Waals surface area contributed by atoms with E-state index in [0.29, 0.717) is 24.7 Å². The van der Waals surface area contributed by atoms with Crippen molar-refractivity contribution in [3.05, 3.63) is 53.7 Å². The quantitative estimate of drug-likeness (QED) is 0.110. The van der Waals surface area contributed by atoms with Crippen LogP contribution < -0.4 is 9.47 Å². The van der Waals surface area contributed by atoms with Gasteiger partial charge in [-0.3, -0.25) is 0 Å². The van der Waals surface area contributed by atoms with Crippen molar-refractivity contribution in [1.29, 1.82) is 0 Å². The summed E-state index contributed by atoms with van der Waals surface area (Å²) in [6, 6.07) is 9.38. The minimum absolute atomic E-state index is 0.0457. The van der Waals surface area contributed by atoms with Gasteiger partial charge in [0.25, 0.3) is 0 Å². The highest BCUT2D eigenvalue weighted by molar-refractivity contribution is 5.90. The number of carbonyl (C=O) groups is 1. The molecule has 0 bridgehead atoms. The molecule has 0 aliphatic heterocycles. The minimum Gasteiger partial charge on any atom is -0.478 e. The molecule has 0 amide bonds. The number of nitrogens with zero attached hydrogens (tertiary/aromatic N) is 1. The Hall–Kier alpha value is -2.54. The van der Waals surface area contributed by atoms with Crippen molar-refractivity contribution >= 4 is 5.97 Å². The second-order valence-corrected chi connectivity index (χ2v) is 9.04. The molecule has 0 aliphatic carbocycles. The Balaban J connectivity index is 1.75. The van der Waals surface area contributed by atoms with Crippen LogP contribution in [0.25, 0.3) is 0 Å². The lowest BCUT2D eigenvalue weighted by atomic mass is 10.0. The van der Waals surface area contributed by atoms with Crippen LogP contribution in [-0.2, 0) is 4.74 Å². The van der Waals surface area contributed by atoms with Gasteiger partial charge in [-0.2, -0.15) is 0 Å². The van der Waals surface area contributed by atoms with Gasteiger partial charge < -0.3 is 14.2 Å². The fourth-order valence-electron chi connectivity index (χ4n) is 3.72. The summed E-state index contributed by atoms with van der Waals surface area (Å²) in [7, 11) is 0. The lowest BCUT2D eigenvalue weighted by Crippen LogP contribution is -2.16. The summed E-state index contributed by atoms with van der Waals surface area (Å²) < 4.78 is 43.3. The minimum atomic E-state index is -2.54. The molecule has 1 aromatic heterocycles. The molecule has 0 unspecified atom stereocenters. The number of unbranched alkanes of at least 4 members (excludes halogenated alkanes) is 8. The molecule has 0 saturated heterocycles. The molecule has 2 rings (SSSR count). The van der Waals surface area contributed by atoms with Crippen LogP contribution in [0.5, 0.6) is 11.6 Å². The average Bonchev–Trinajstić information content (AvgIpc) is 2.88. The molecular weight excluding hydrogens is 464 g/mol. The van der Waals surface area contributed by atoms with Crippen LogP contribution in [0, 0.1) is 0 Å². The van der Waals surface area contributed by atoms with Crippen LogP contribution in [0.2, 0.25) is 0 Å². The second-order valence-electron chi connectivity index (χ2n) is 9.04. The van der Waals surface area contributed by atoms with E-state index >= 15 is 0 Å². The van der Waals surface area contributed by atoms with Crippen molar-refractivity contribution < 1.29 is 27.8 Å². The van der Waals surface area contributed by atoms with Crippen molar-refractivity contribution in [3.63, 3.8) is 0 Å². The number of pyridine rings is 1. The normalized spacial score (nSPS) is 12.0. The summed E-state index contributed by atoms with van der Waals surface area (Å²) >= 11 is 0.